The first kappa shape index (κ1) is 23.7. The lowest BCUT2D eigenvalue weighted by Gasteiger charge is -2.29. The van der Waals surface area contributed by atoms with E-state index in [0.29, 0.717) is 18.9 Å². The number of rotatable bonds is 8. The average Bonchev–Trinajstić information content (AvgIpc) is 2.83. The molecular weight excluding hydrogens is 504 g/mol. The zero-order valence-electron chi connectivity index (χ0n) is 18.9. The minimum atomic E-state index is 0.460. The maximum Gasteiger partial charge on any atom is 0.167 e. The van der Waals surface area contributed by atoms with Crippen molar-refractivity contribution in [3.63, 3.8) is 0 Å². The Hall–Kier alpha value is -2.41. The third-order valence-electron chi connectivity index (χ3n) is 5.62. The highest BCUT2D eigenvalue weighted by Crippen LogP contribution is 2.38. The van der Waals surface area contributed by atoms with Crippen molar-refractivity contribution < 1.29 is 14.2 Å². The quantitative estimate of drug-likeness (QED) is 0.362. The van der Waals surface area contributed by atoms with Crippen molar-refractivity contribution in [1.82, 2.24) is 0 Å². The molecule has 33 heavy (non-hydrogen) atoms. The molecule has 0 radical (unpaired) electrons. The normalized spacial score (nSPS) is 13.6. The van der Waals surface area contributed by atoms with Gasteiger partial charge in [-0.05, 0) is 42.8 Å². The van der Waals surface area contributed by atoms with Gasteiger partial charge in [-0.15, -0.1) is 0 Å². The SMILES string of the molecule is COc1ccc(Br)c(CNc2ccc(N3CCOCC3)c(Cl)c2)c1OCc1cccc(C)c1. The maximum atomic E-state index is 6.61. The molecule has 7 heteroatoms. The molecule has 1 aliphatic rings. The van der Waals surface area contributed by atoms with Gasteiger partial charge in [0.2, 0.25) is 0 Å². The number of hydrogen-bond donors (Lipinski definition) is 1. The standard InChI is InChI=1S/C26H28BrClN2O3/c1-18-4-3-5-19(14-18)17-33-26-21(22(27)7-9-25(26)31-2)16-29-20-6-8-24(23(28)15-20)30-10-12-32-13-11-30/h3-9,14-15,29H,10-13,16-17H2,1-2H3. The molecule has 0 amide bonds. The predicted molar refractivity (Wildman–Crippen MR) is 138 cm³/mol. The van der Waals surface area contributed by atoms with Crippen LogP contribution in [0.1, 0.15) is 16.7 Å². The van der Waals surface area contributed by atoms with Crippen molar-refractivity contribution in [1.29, 1.82) is 0 Å². The van der Waals surface area contributed by atoms with Gasteiger partial charge in [0.1, 0.15) is 6.61 Å². The van der Waals surface area contributed by atoms with Gasteiger partial charge in [-0.25, -0.2) is 0 Å². The second-order valence-corrected chi connectivity index (χ2v) is 9.22. The zero-order chi connectivity index (χ0) is 23.2. The van der Waals surface area contributed by atoms with E-state index in [1.54, 1.807) is 7.11 Å². The summed E-state index contributed by atoms with van der Waals surface area (Å²) in [7, 11) is 1.66. The molecule has 0 spiro atoms. The third kappa shape index (κ3) is 5.94. The van der Waals surface area contributed by atoms with Crippen molar-refractivity contribution in [3.8, 4) is 11.5 Å². The minimum absolute atomic E-state index is 0.460. The van der Waals surface area contributed by atoms with E-state index in [2.05, 4.69) is 63.4 Å². The molecular formula is C26H28BrClN2O3. The van der Waals surface area contributed by atoms with E-state index in [4.69, 9.17) is 25.8 Å². The van der Waals surface area contributed by atoms with Crippen LogP contribution in [0.3, 0.4) is 0 Å². The summed E-state index contributed by atoms with van der Waals surface area (Å²) in [4.78, 5) is 2.26. The molecule has 0 bridgehead atoms. The first-order valence-corrected chi connectivity index (χ1v) is 12.1. The van der Waals surface area contributed by atoms with Crippen LogP contribution in [0.4, 0.5) is 11.4 Å². The molecule has 1 heterocycles. The van der Waals surface area contributed by atoms with Gasteiger partial charge in [-0.2, -0.15) is 0 Å². The van der Waals surface area contributed by atoms with Gasteiger partial charge in [0, 0.05) is 35.4 Å². The number of ether oxygens (including phenoxy) is 3. The van der Waals surface area contributed by atoms with E-state index in [-0.39, 0.29) is 0 Å². The Morgan fingerprint density at radius 1 is 1.09 bits per heavy atom. The molecule has 1 aliphatic heterocycles. The Labute approximate surface area is 208 Å². The highest BCUT2D eigenvalue weighted by Gasteiger charge is 2.17. The van der Waals surface area contributed by atoms with Crippen molar-refractivity contribution >= 4 is 38.9 Å². The fraction of sp³-hybridized carbons (Fsp3) is 0.308. The van der Waals surface area contributed by atoms with E-state index in [1.165, 1.54) is 5.56 Å². The van der Waals surface area contributed by atoms with Crippen LogP contribution in [0, 0.1) is 6.92 Å². The topological polar surface area (TPSA) is 43.0 Å². The number of morpholine rings is 1. The van der Waals surface area contributed by atoms with E-state index in [1.807, 2.05) is 24.3 Å². The molecule has 1 fully saturated rings. The Balaban J connectivity index is 1.50. The smallest absolute Gasteiger partial charge is 0.167 e. The summed E-state index contributed by atoms with van der Waals surface area (Å²) >= 11 is 10.3. The van der Waals surface area contributed by atoms with E-state index < -0.39 is 0 Å². The summed E-state index contributed by atoms with van der Waals surface area (Å²) in [6.07, 6.45) is 0. The third-order valence-corrected chi connectivity index (χ3v) is 6.67. The van der Waals surface area contributed by atoms with Crippen LogP contribution in [0.15, 0.2) is 59.1 Å². The molecule has 3 aromatic carbocycles. The van der Waals surface area contributed by atoms with Crippen LogP contribution in [0.25, 0.3) is 0 Å². The van der Waals surface area contributed by atoms with E-state index in [9.17, 15) is 0 Å². The monoisotopic (exact) mass is 530 g/mol. The van der Waals surface area contributed by atoms with Gasteiger partial charge in [0.15, 0.2) is 11.5 Å². The van der Waals surface area contributed by atoms with Gasteiger partial charge >= 0.3 is 0 Å². The molecule has 0 aliphatic carbocycles. The number of halogens is 2. The fourth-order valence-corrected chi connectivity index (χ4v) is 4.64. The van der Waals surface area contributed by atoms with Crippen LogP contribution >= 0.6 is 27.5 Å². The number of benzene rings is 3. The lowest BCUT2D eigenvalue weighted by atomic mass is 10.1. The Bertz CT molecular complexity index is 1100. The Morgan fingerprint density at radius 3 is 2.64 bits per heavy atom. The summed E-state index contributed by atoms with van der Waals surface area (Å²) in [5.74, 6) is 1.42. The van der Waals surface area contributed by atoms with Gasteiger partial charge in [-0.1, -0.05) is 57.4 Å². The first-order chi connectivity index (χ1) is 16.0. The number of aryl methyl sites for hydroxylation is 1. The summed E-state index contributed by atoms with van der Waals surface area (Å²) < 4.78 is 18.2. The number of anilines is 2. The molecule has 5 nitrogen and oxygen atoms in total. The van der Waals surface area contributed by atoms with E-state index >= 15 is 0 Å². The molecule has 174 valence electrons. The number of methoxy groups -OCH3 is 1. The fourth-order valence-electron chi connectivity index (χ4n) is 3.89. The van der Waals surface area contributed by atoms with Crippen molar-refractivity contribution in [2.45, 2.75) is 20.1 Å². The molecule has 1 N–H and O–H groups in total. The highest BCUT2D eigenvalue weighted by molar-refractivity contribution is 9.10. The maximum absolute atomic E-state index is 6.61. The summed E-state index contributed by atoms with van der Waals surface area (Å²) in [5.41, 5.74) is 5.28. The van der Waals surface area contributed by atoms with Crippen LogP contribution in [0.2, 0.25) is 5.02 Å². The summed E-state index contributed by atoms with van der Waals surface area (Å²) in [6.45, 7) is 6.25. The molecule has 0 unspecified atom stereocenters. The molecule has 0 atom stereocenters. The predicted octanol–water partition coefficient (Wildman–Crippen LogP) is 6.45. The van der Waals surface area contributed by atoms with Crippen LogP contribution in [0.5, 0.6) is 11.5 Å². The molecule has 3 aromatic rings. The summed E-state index contributed by atoms with van der Waals surface area (Å²) in [5, 5.41) is 4.20. The van der Waals surface area contributed by atoms with Gasteiger partial charge in [0.25, 0.3) is 0 Å². The molecule has 0 aromatic heterocycles. The molecule has 1 saturated heterocycles. The van der Waals surface area contributed by atoms with Gasteiger partial charge < -0.3 is 24.4 Å². The second kappa shape index (κ2) is 11.1. The van der Waals surface area contributed by atoms with Crippen molar-refractivity contribution in [2.24, 2.45) is 0 Å². The van der Waals surface area contributed by atoms with E-state index in [0.717, 1.165) is 64.0 Å². The minimum Gasteiger partial charge on any atom is -0.493 e. The van der Waals surface area contributed by atoms with Gasteiger partial charge in [0.05, 0.1) is 31.0 Å². The summed E-state index contributed by atoms with van der Waals surface area (Å²) in [6, 6.07) is 18.3. The molecule has 0 saturated carbocycles. The average molecular weight is 532 g/mol. The molecule has 4 rings (SSSR count). The van der Waals surface area contributed by atoms with Crippen molar-refractivity contribution in [3.05, 3.63) is 80.8 Å². The number of nitrogens with one attached hydrogen (secondary N) is 1. The second-order valence-electron chi connectivity index (χ2n) is 7.95. The Kier molecular flexibility index (Phi) is 8.02. The van der Waals surface area contributed by atoms with Crippen LogP contribution < -0.4 is 19.7 Å². The van der Waals surface area contributed by atoms with Gasteiger partial charge in [-0.3, -0.25) is 0 Å². The lowest BCUT2D eigenvalue weighted by molar-refractivity contribution is 0.122. The number of nitrogens with zero attached hydrogens (tertiary/aromatic N) is 1. The first-order valence-electron chi connectivity index (χ1n) is 10.9. The lowest BCUT2D eigenvalue weighted by Crippen LogP contribution is -2.36. The zero-order valence-corrected chi connectivity index (χ0v) is 21.2. The highest BCUT2D eigenvalue weighted by atomic mass is 79.9. The Morgan fingerprint density at radius 2 is 1.91 bits per heavy atom. The van der Waals surface area contributed by atoms with Crippen LogP contribution in [-0.4, -0.2) is 33.4 Å². The van der Waals surface area contributed by atoms with Crippen molar-refractivity contribution in [2.75, 3.05) is 43.6 Å². The number of hydrogen-bond acceptors (Lipinski definition) is 5. The van der Waals surface area contributed by atoms with Crippen LogP contribution in [-0.2, 0) is 17.9 Å². The largest absolute Gasteiger partial charge is 0.493 e.